The molecule has 0 aliphatic heterocycles. The molecule has 26 heavy (non-hydrogen) atoms. The van der Waals surface area contributed by atoms with E-state index in [9.17, 15) is 4.79 Å². The molecule has 0 radical (unpaired) electrons. The summed E-state index contributed by atoms with van der Waals surface area (Å²) in [6.07, 6.45) is 0. The number of hydrogen-bond donors (Lipinski definition) is 1. The van der Waals surface area contributed by atoms with E-state index in [1.807, 2.05) is 61.5 Å². The first-order valence-corrected chi connectivity index (χ1v) is 8.39. The van der Waals surface area contributed by atoms with Gasteiger partial charge < -0.3 is 14.5 Å². The van der Waals surface area contributed by atoms with Gasteiger partial charge in [-0.3, -0.25) is 4.79 Å². The van der Waals surface area contributed by atoms with Crippen molar-refractivity contribution >= 4 is 27.6 Å². The zero-order chi connectivity index (χ0) is 18.1. The quantitative estimate of drug-likeness (QED) is 0.592. The van der Waals surface area contributed by atoms with Gasteiger partial charge in [-0.05, 0) is 36.6 Å². The van der Waals surface area contributed by atoms with Gasteiger partial charge in [0.1, 0.15) is 17.0 Å². The first-order valence-electron chi connectivity index (χ1n) is 8.39. The van der Waals surface area contributed by atoms with Crippen molar-refractivity contribution in [1.29, 1.82) is 0 Å². The number of carbonyl (C=O) groups excluding carboxylic acids is 1. The van der Waals surface area contributed by atoms with E-state index in [0.29, 0.717) is 17.3 Å². The lowest BCUT2D eigenvalue weighted by Gasteiger charge is -2.12. The van der Waals surface area contributed by atoms with E-state index in [0.717, 1.165) is 21.7 Å². The zero-order valence-corrected chi connectivity index (χ0v) is 14.5. The number of nitrogens with zero attached hydrogens (tertiary/aromatic N) is 1. The number of pyridine rings is 1. The predicted molar refractivity (Wildman–Crippen MR) is 100 cm³/mol. The van der Waals surface area contributed by atoms with Crippen molar-refractivity contribution in [3.8, 4) is 5.88 Å². The minimum Gasteiger partial charge on any atom is -0.481 e. The summed E-state index contributed by atoms with van der Waals surface area (Å²) in [4.78, 5) is 17.0. The standard InChI is InChI=1S/C21H18N2O3/c1-13(19-12-15-8-4-6-10-18(15)26-19)22-20(24)17-11-14-7-3-5-9-16(14)21(23-17)25-2/h3-13H,1-2H3,(H,22,24). The Kier molecular flexibility index (Phi) is 4.05. The maximum Gasteiger partial charge on any atom is 0.270 e. The minimum absolute atomic E-state index is 0.276. The maximum atomic E-state index is 12.7. The first kappa shape index (κ1) is 16.1. The topological polar surface area (TPSA) is 64.4 Å². The third-order valence-corrected chi connectivity index (χ3v) is 4.35. The summed E-state index contributed by atoms with van der Waals surface area (Å²) in [6.45, 7) is 1.88. The van der Waals surface area contributed by atoms with Crippen molar-refractivity contribution in [3.05, 3.63) is 72.1 Å². The highest BCUT2D eigenvalue weighted by molar-refractivity contribution is 5.98. The Morgan fingerprint density at radius 3 is 2.58 bits per heavy atom. The fourth-order valence-electron chi connectivity index (χ4n) is 3.00. The van der Waals surface area contributed by atoms with Gasteiger partial charge in [-0.25, -0.2) is 4.98 Å². The molecule has 0 spiro atoms. The Labute approximate surface area is 150 Å². The predicted octanol–water partition coefficient (Wildman–Crippen LogP) is 4.48. The van der Waals surface area contributed by atoms with E-state index in [1.165, 1.54) is 0 Å². The summed E-state index contributed by atoms with van der Waals surface area (Å²) >= 11 is 0. The van der Waals surface area contributed by atoms with Gasteiger partial charge in [0.15, 0.2) is 0 Å². The molecule has 0 fully saturated rings. The number of hydrogen-bond acceptors (Lipinski definition) is 4. The summed E-state index contributed by atoms with van der Waals surface area (Å²) in [7, 11) is 1.55. The summed E-state index contributed by atoms with van der Waals surface area (Å²) in [6, 6.07) is 18.9. The first-order chi connectivity index (χ1) is 12.7. The molecular formula is C21H18N2O3. The van der Waals surface area contributed by atoms with Crippen LogP contribution in [0, 0.1) is 0 Å². The number of carbonyl (C=O) groups is 1. The lowest BCUT2D eigenvalue weighted by atomic mass is 10.1. The van der Waals surface area contributed by atoms with Crippen LogP contribution in [-0.2, 0) is 0 Å². The number of aromatic nitrogens is 1. The second-order valence-electron chi connectivity index (χ2n) is 6.12. The lowest BCUT2D eigenvalue weighted by molar-refractivity contribution is 0.0930. The van der Waals surface area contributed by atoms with Crippen LogP contribution in [0.5, 0.6) is 5.88 Å². The molecule has 1 N–H and O–H groups in total. The highest BCUT2D eigenvalue weighted by atomic mass is 16.5. The maximum absolute atomic E-state index is 12.7. The van der Waals surface area contributed by atoms with Gasteiger partial charge in [-0.2, -0.15) is 0 Å². The third kappa shape index (κ3) is 2.88. The van der Waals surface area contributed by atoms with Crippen LogP contribution in [0.15, 0.2) is 65.1 Å². The van der Waals surface area contributed by atoms with Crippen LogP contribution in [0.25, 0.3) is 21.7 Å². The van der Waals surface area contributed by atoms with Gasteiger partial charge in [0.2, 0.25) is 5.88 Å². The number of ether oxygens (including phenoxy) is 1. The molecule has 1 atom stereocenters. The van der Waals surface area contributed by atoms with Crippen molar-refractivity contribution in [1.82, 2.24) is 10.3 Å². The largest absolute Gasteiger partial charge is 0.481 e. The molecule has 130 valence electrons. The van der Waals surface area contributed by atoms with Gasteiger partial charge >= 0.3 is 0 Å². The molecule has 2 aromatic heterocycles. The Morgan fingerprint density at radius 1 is 1.08 bits per heavy atom. The van der Waals surface area contributed by atoms with Crippen LogP contribution >= 0.6 is 0 Å². The van der Waals surface area contributed by atoms with E-state index in [2.05, 4.69) is 10.3 Å². The average Bonchev–Trinajstić information content (AvgIpc) is 3.11. The molecule has 0 saturated heterocycles. The van der Waals surface area contributed by atoms with Crippen LogP contribution in [0.2, 0.25) is 0 Å². The van der Waals surface area contributed by atoms with Crippen molar-refractivity contribution in [2.45, 2.75) is 13.0 Å². The SMILES string of the molecule is COc1nc(C(=O)NC(C)c2cc3ccccc3o2)cc2ccccc12. The Morgan fingerprint density at radius 2 is 1.81 bits per heavy atom. The van der Waals surface area contributed by atoms with Gasteiger partial charge in [0.05, 0.1) is 13.2 Å². The van der Waals surface area contributed by atoms with Crippen molar-refractivity contribution in [2.24, 2.45) is 0 Å². The molecule has 0 saturated carbocycles. The van der Waals surface area contributed by atoms with Crippen LogP contribution < -0.4 is 10.1 Å². The summed E-state index contributed by atoms with van der Waals surface area (Å²) < 4.78 is 11.2. The molecule has 5 nitrogen and oxygen atoms in total. The van der Waals surface area contributed by atoms with Crippen LogP contribution in [-0.4, -0.2) is 18.0 Å². The Bertz CT molecular complexity index is 1070. The van der Waals surface area contributed by atoms with Crippen LogP contribution in [0.3, 0.4) is 0 Å². The van der Waals surface area contributed by atoms with Gasteiger partial charge in [-0.15, -0.1) is 0 Å². The number of benzene rings is 2. The van der Waals surface area contributed by atoms with E-state index in [-0.39, 0.29) is 11.9 Å². The molecule has 2 aromatic carbocycles. The van der Waals surface area contributed by atoms with E-state index >= 15 is 0 Å². The van der Waals surface area contributed by atoms with Gasteiger partial charge in [-0.1, -0.05) is 36.4 Å². The summed E-state index contributed by atoms with van der Waals surface area (Å²) in [5.41, 5.74) is 1.11. The van der Waals surface area contributed by atoms with E-state index < -0.39 is 0 Å². The molecule has 4 aromatic rings. The number of rotatable bonds is 4. The highest BCUT2D eigenvalue weighted by Crippen LogP contribution is 2.26. The molecule has 1 amide bonds. The van der Waals surface area contributed by atoms with Gasteiger partial charge in [0, 0.05) is 10.8 Å². The van der Waals surface area contributed by atoms with Crippen molar-refractivity contribution in [3.63, 3.8) is 0 Å². The van der Waals surface area contributed by atoms with E-state index in [1.54, 1.807) is 13.2 Å². The molecule has 1 unspecified atom stereocenters. The second kappa shape index (κ2) is 6.52. The second-order valence-corrected chi connectivity index (χ2v) is 6.12. The van der Waals surface area contributed by atoms with E-state index in [4.69, 9.17) is 9.15 Å². The monoisotopic (exact) mass is 346 g/mol. The Hall–Kier alpha value is -3.34. The van der Waals surface area contributed by atoms with Gasteiger partial charge in [0.25, 0.3) is 5.91 Å². The minimum atomic E-state index is -0.283. The molecule has 2 heterocycles. The van der Waals surface area contributed by atoms with Crippen molar-refractivity contribution < 1.29 is 13.9 Å². The number of amides is 1. The smallest absolute Gasteiger partial charge is 0.270 e. The summed E-state index contributed by atoms with van der Waals surface area (Å²) in [5, 5.41) is 5.72. The average molecular weight is 346 g/mol. The normalized spacial score (nSPS) is 12.2. The number of furan rings is 1. The lowest BCUT2D eigenvalue weighted by Crippen LogP contribution is -2.27. The Balaban J connectivity index is 1.62. The molecule has 0 aliphatic rings. The molecule has 5 heteroatoms. The van der Waals surface area contributed by atoms with Crippen LogP contribution in [0.1, 0.15) is 29.2 Å². The number of para-hydroxylation sites is 1. The summed E-state index contributed by atoms with van der Waals surface area (Å²) in [5.74, 6) is 0.860. The fraction of sp³-hybridized carbons (Fsp3) is 0.143. The number of fused-ring (bicyclic) bond motifs is 2. The highest BCUT2D eigenvalue weighted by Gasteiger charge is 2.18. The molecule has 0 aliphatic carbocycles. The molecule has 0 bridgehead atoms. The fourth-order valence-corrected chi connectivity index (χ4v) is 3.00. The number of methoxy groups -OCH3 is 1. The molecular weight excluding hydrogens is 328 g/mol. The van der Waals surface area contributed by atoms with Crippen molar-refractivity contribution in [2.75, 3.05) is 7.11 Å². The zero-order valence-electron chi connectivity index (χ0n) is 14.5. The molecule has 4 rings (SSSR count). The number of nitrogens with one attached hydrogen (secondary N) is 1. The third-order valence-electron chi connectivity index (χ3n) is 4.35. The van der Waals surface area contributed by atoms with Crippen LogP contribution in [0.4, 0.5) is 0 Å².